The second-order valence-electron chi connectivity index (χ2n) is 13.2. The number of carbonyl (C=O) groups is 1. The van der Waals surface area contributed by atoms with Crippen molar-refractivity contribution < 1.29 is 31.1 Å². The van der Waals surface area contributed by atoms with E-state index >= 15 is 0 Å². The molecule has 0 bridgehead atoms. The van der Waals surface area contributed by atoms with E-state index in [1.807, 2.05) is 0 Å². The molecule has 1 N–H and O–H groups in total. The number of nitrogens with one attached hydrogen (secondary N) is 1. The standard InChI is InChI=1S/C35H42F6N2O/c1-3-4-5-8-13-32(31(44)42-22-25-18-27(34(36,37)38)20-28(19-25)35(39,40)41)14-12-29(21-32)43-17-16-33(24(2)23-43)15-11-26-9-6-7-10-30(26)33/h6-7,9-11,15,18-20,24,29H,3-5,8,12-14,16-17,21-23H2,1-2H3,(H,42,44)/t24-,29?,32?,33-/m0/s1. The molecular weight excluding hydrogens is 578 g/mol. The largest absolute Gasteiger partial charge is 0.416 e. The van der Waals surface area contributed by atoms with Crippen LogP contribution in [0.1, 0.15) is 99.5 Å². The number of benzene rings is 2. The Kier molecular flexibility index (Phi) is 9.28. The normalized spacial score (nSPS) is 27.2. The van der Waals surface area contributed by atoms with Crippen molar-refractivity contribution in [2.24, 2.45) is 11.3 Å². The molecule has 1 amide bonds. The molecule has 1 aliphatic heterocycles. The van der Waals surface area contributed by atoms with Gasteiger partial charge in [0.15, 0.2) is 0 Å². The Hall–Kier alpha value is -2.81. The van der Waals surface area contributed by atoms with Crippen molar-refractivity contribution in [1.29, 1.82) is 0 Å². The lowest BCUT2D eigenvalue weighted by molar-refractivity contribution is -0.143. The lowest BCUT2D eigenvalue weighted by atomic mass is 9.67. The number of likely N-dealkylation sites (tertiary alicyclic amines) is 1. The molecule has 9 heteroatoms. The first-order chi connectivity index (χ1) is 20.8. The Labute approximate surface area is 256 Å². The predicted octanol–water partition coefficient (Wildman–Crippen LogP) is 9.16. The van der Waals surface area contributed by atoms with Crippen LogP contribution in [0.15, 0.2) is 48.5 Å². The molecule has 1 heterocycles. The van der Waals surface area contributed by atoms with Crippen molar-refractivity contribution >= 4 is 12.0 Å². The van der Waals surface area contributed by atoms with E-state index in [0.717, 1.165) is 51.6 Å². The molecule has 0 radical (unpaired) electrons. The van der Waals surface area contributed by atoms with Crippen molar-refractivity contribution in [1.82, 2.24) is 10.2 Å². The van der Waals surface area contributed by atoms with Crippen LogP contribution in [-0.2, 0) is 29.1 Å². The Morgan fingerprint density at radius 1 is 0.977 bits per heavy atom. The van der Waals surface area contributed by atoms with Crippen LogP contribution in [0.25, 0.3) is 6.08 Å². The minimum absolute atomic E-state index is 0.0144. The SMILES string of the molecule is CCCCCCC1(C(=O)NCc2cc(C(F)(F)F)cc(C(F)(F)F)c2)CCC(N2CC[C@@]3(C=Cc4ccccc43)[C@@H](C)C2)C1. The maximum absolute atomic E-state index is 13.8. The predicted molar refractivity (Wildman–Crippen MR) is 160 cm³/mol. The number of rotatable bonds is 9. The maximum atomic E-state index is 13.8. The number of carbonyl (C=O) groups excluding carboxylic acids is 1. The Balaban J connectivity index is 1.30. The van der Waals surface area contributed by atoms with Gasteiger partial charge in [0.1, 0.15) is 0 Å². The average Bonchev–Trinajstić information content (AvgIpc) is 3.58. The van der Waals surface area contributed by atoms with Crippen molar-refractivity contribution in [3.05, 3.63) is 76.4 Å². The summed E-state index contributed by atoms with van der Waals surface area (Å²) in [5, 5.41) is 2.76. The summed E-state index contributed by atoms with van der Waals surface area (Å²) in [6.07, 6.45) is 2.45. The highest BCUT2D eigenvalue weighted by Crippen LogP contribution is 2.50. The molecule has 1 spiro atoms. The number of amides is 1. The van der Waals surface area contributed by atoms with Crippen LogP contribution in [0.2, 0.25) is 0 Å². The van der Waals surface area contributed by atoms with Crippen LogP contribution in [0.5, 0.6) is 0 Å². The fourth-order valence-electron chi connectivity index (χ4n) is 7.89. The molecule has 2 fully saturated rings. The maximum Gasteiger partial charge on any atom is 0.416 e. The molecule has 0 aromatic heterocycles. The Morgan fingerprint density at radius 3 is 2.34 bits per heavy atom. The number of piperidine rings is 1. The lowest BCUT2D eigenvalue weighted by Gasteiger charge is -2.46. The van der Waals surface area contributed by atoms with Crippen LogP contribution < -0.4 is 5.32 Å². The molecule has 3 nitrogen and oxygen atoms in total. The number of allylic oxidation sites excluding steroid dienone is 1. The van der Waals surface area contributed by atoms with Crippen molar-refractivity contribution in [3.8, 4) is 0 Å². The van der Waals surface area contributed by atoms with Gasteiger partial charge in [-0.3, -0.25) is 9.69 Å². The fraction of sp³-hybridized carbons (Fsp3) is 0.571. The molecular formula is C35H42F6N2O. The lowest BCUT2D eigenvalue weighted by Crippen LogP contribution is -2.51. The van der Waals surface area contributed by atoms with E-state index in [4.69, 9.17) is 0 Å². The van der Waals surface area contributed by atoms with Gasteiger partial charge in [0.25, 0.3) is 0 Å². The van der Waals surface area contributed by atoms with Gasteiger partial charge in [-0.05, 0) is 79.5 Å². The summed E-state index contributed by atoms with van der Waals surface area (Å²) < 4.78 is 80.4. The summed E-state index contributed by atoms with van der Waals surface area (Å²) in [7, 11) is 0. The first-order valence-electron chi connectivity index (χ1n) is 15.9. The summed E-state index contributed by atoms with van der Waals surface area (Å²) >= 11 is 0. The number of hydrogen-bond acceptors (Lipinski definition) is 2. The number of hydrogen-bond donors (Lipinski definition) is 1. The summed E-state index contributed by atoms with van der Waals surface area (Å²) in [5.41, 5.74) is -0.972. The summed E-state index contributed by atoms with van der Waals surface area (Å²) in [6.45, 7) is 5.83. The van der Waals surface area contributed by atoms with Gasteiger partial charge in [-0.1, -0.05) is 75.9 Å². The first kappa shape index (κ1) is 32.6. The average molecular weight is 621 g/mol. The third-order valence-electron chi connectivity index (χ3n) is 10.4. The van der Waals surface area contributed by atoms with E-state index in [-0.39, 0.29) is 35.5 Å². The molecule has 1 saturated carbocycles. The molecule has 2 aliphatic carbocycles. The van der Waals surface area contributed by atoms with Crippen LogP contribution in [0.3, 0.4) is 0 Å². The van der Waals surface area contributed by atoms with Crippen LogP contribution in [-0.4, -0.2) is 29.9 Å². The number of unbranched alkanes of at least 4 members (excludes halogenated alkanes) is 3. The number of alkyl halides is 6. The summed E-state index contributed by atoms with van der Waals surface area (Å²) in [5.74, 6) is 0.116. The minimum atomic E-state index is -4.93. The second-order valence-corrected chi connectivity index (χ2v) is 13.2. The number of fused-ring (bicyclic) bond motifs is 2. The van der Waals surface area contributed by atoms with Gasteiger partial charge in [0.2, 0.25) is 5.91 Å². The van der Waals surface area contributed by atoms with E-state index in [9.17, 15) is 31.1 Å². The van der Waals surface area contributed by atoms with Crippen LogP contribution >= 0.6 is 0 Å². The molecule has 240 valence electrons. The zero-order chi connectivity index (χ0) is 31.8. The van der Waals surface area contributed by atoms with E-state index in [2.05, 4.69) is 60.5 Å². The van der Waals surface area contributed by atoms with Gasteiger partial charge in [0, 0.05) is 24.5 Å². The fourth-order valence-corrected chi connectivity index (χ4v) is 7.89. The second kappa shape index (κ2) is 12.5. The van der Waals surface area contributed by atoms with Gasteiger partial charge in [-0.25, -0.2) is 0 Å². The minimum Gasteiger partial charge on any atom is -0.352 e. The molecule has 5 rings (SSSR count). The van der Waals surface area contributed by atoms with Crippen molar-refractivity contribution in [3.63, 3.8) is 0 Å². The van der Waals surface area contributed by atoms with Gasteiger partial charge in [-0.2, -0.15) is 26.3 Å². The molecule has 2 aromatic rings. The highest BCUT2D eigenvalue weighted by Gasteiger charge is 2.49. The van der Waals surface area contributed by atoms with Gasteiger partial charge in [-0.15, -0.1) is 0 Å². The third kappa shape index (κ3) is 6.58. The third-order valence-corrected chi connectivity index (χ3v) is 10.4. The van der Waals surface area contributed by atoms with Crippen LogP contribution in [0, 0.1) is 11.3 Å². The summed E-state index contributed by atoms with van der Waals surface area (Å²) in [6, 6.07) is 10.3. The van der Waals surface area contributed by atoms with E-state index in [1.165, 1.54) is 11.1 Å². The molecule has 44 heavy (non-hydrogen) atoms. The molecule has 2 unspecified atom stereocenters. The van der Waals surface area contributed by atoms with Gasteiger partial charge >= 0.3 is 12.4 Å². The number of nitrogens with zero attached hydrogens (tertiary/aromatic N) is 1. The molecule has 4 atom stereocenters. The molecule has 2 aromatic carbocycles. The smallest absolute Gasteiger partial charge is 0.352 e. The van der Waals surface area contributed by atoms with Crippen molar-refractivity contribution in [2.45, 2.75) is 102 Å². The Morgan fingerprint density at radius 2 is 1.68 bits per heavy atom. The Bertz CT molecular complexity index is 1340. The quantitative estimate of drug-likeness (QED) is 0.224. The topological polar surface area (TPSA) is 32.3 Å². The highest BCUT2D eigenvalue weighted by molar-refractivity contribution is 5.83. The first-order valence-corrected chi connectivity index (χ1v) is 15.9. The molecule has 3 aliphatic rings. The highest BCUT2D eigenvalue weighted by atomic mass is 19.4. The van der Waals surface area contributed by atoms with Gasteiger partial charge in [0.05, 0.1) is 16.5 Å². The monoisotopic (exact) mass is 620 g/mol. The van der Waals surface area contributed by atoms with Crippen LogP contribution in [0.4, 0.5) is 26.3 Å². The zero-order valence-electron chi connectivity index (χ0n) is 25.5. The van der Waals surface area contributed by atoms with E-state index in [1.54, 1.807) is 0 Å². The zero-order valence-corrected chi connectivity index (χ0v) is 25.5. The summed E-state index contributed by atoms with van der Waals surface area (Å²) in [4.78, 5) is 16.3. The number of halogens is 6. The van der Waals surface area contributed by atoms with Gasteiger partial charge < -0.3 is 5.32 Å². The van der Waals surface area contributed by atoms with E-state index in [0.29, 0.717) is 37.3 Å². The van der Waals surface area contributed by atoms with E-state index < -0.39 is 28.9 Å². The van der Waals surface area contributed by atoms with Crippen molar-refractivity contribution in [2.75, 3.05) is 13.1 Å². The molecule has 1 saturated heterocycles.